The molecule has 4 fully saturated rings. The minimum Gasteiger partial charge on any atom is -0.507 e. The maximum atomic E-state index is 12.8. The van der Waals surface area contributed by atoms with Crippen LogP contribution in [0.25, 0.3) is 16.9 Å². The maximum Gasteiger partial charge on any atom is 0.249 e. The Hall–Kier alpha value is -5.21. The molecule has 4 N–H and O–H groups in total. The first kappa shape index (κ1) is 32.7. The van der Waals surface area contributed by atoms with Crippen molar-refractivity contribution in [3.05, 3.63) is 66.5 Å². The number of carbonyl (C=O) groups is 2. The van der Waals surface area contributed by atoms with E-state index in [0.717, 1.165) is 55.9 Å². The molecule has 2 aromatic carbocycles. The van der Waals surface area contributed by atoms with Crippen molar-refractivity contribution in [1.29, 1.82) is 0 Å². The van der Waals surface area contributed by atoms with Crippen LogP contribution in [0.3, 0.4) is 0 Å². The number of nitrogens with two attached hydrogens (primary N) is 1. The zero-order valence-corrected chi connectivity index (χ0v) is 28.9. The van der Waals surface area contributed by atoms with Gasteiger partial charge in [-0.2, -0.15) is 5.10 Å². The molecule has 9 rings (SSSR count). The van der Waals surface area contributed by atoms with E-state index in [9.17, 15) is 14.7 Å². The predicted octanol–water partition coefficient (Wildman–Crippen LogP) is 3.24. The number of phenolic OH excluding ortho intramolecular Hbond substituents is 1. The highest BCUT2D eigenvalue weighted by Crippen LogP contribution is 2.46. The minimum absolute atomic E-state index is 0.125. The van der Waals surface area contributed by atoms with Crippen LogP contribution in [0.2, 0.25) is 0 Å². The molecule has 2 amide bonds. The van der Waals surface area contributed by atoms with Crippen molar-refractivity contribution >= 4 is 29.0 Å². The average Bonchev–Trinajstić information content (AvgIpc) is 3.65. The Morgan fingerprint density at radius 1 is 0.904 bits per heavy atom. The number of aromatic hydroxyl groups is 1. The summed E-state index contributed by atoms with van der Waals surface area (Å²) in [5.74, 6) is 1.26. The lowest BCUT2D eigenvalue weighted by Gasteiger charge is -2.54. The summed E-state index contributed by atoms with van der Waals surface area (Å²) < 4.78 is 14.2. The largest absolute Gasteiger partial charge is 0.507 e. The summed E-state index contributed by atoms with van der Waals surface area (Å²) in [4.78, 5) is 31.8. The van der Waals surface area contributed by atoms with E-state index < -0.39 is 0 Å². The second-order valence-corrected chi connectivity index (χ2v) is 14.6. The monoisotopic (exact) mass is 705 g/mol. The highest BCUT2D eigenvalue weighted by Gasteiger charge is 2.44. The van der Waals surface area contributed by atoms with Crippen LogP contribution in [-0.4, -0.2) is 105 Å². The lowest BCUT2D eigenvalue weighted by atomic mass is 9.79. The number of imide groups is 1. The number of piperazine rings is 1. The van der Waals surface area contributed by atoms with Gasteiger partial charge in [-0.05, 0) is 67.9 Å². The normalized spacial score (nSPS) is 26.4. The standard InChI is InChI=1S/C38H43N9O5/c39-37-33(16-30(42-43-37)29-4-1-2-7-34(29)48)46-20-25(17-40-46)44-18-26-21-51-22-27(19-44)47(26)24-10-8-23(9-11-24)28-5-3-6-31-36(28)52-15-14-45(31)32-12-13-35(49)41-38(32)50/h1-7,16-17,20,23-24,26-27,32,48H,8-15,18-19,21-22H2,(H2,39,43)(H,41,49,50)/t23?,24?,26-,27+,32-/m1/s1. The number of piperidine rings is 1. The molecule has 2 bridgehead atoms. The lowest BCUT2D eigenvalue weighted by Crippen LogP contribution is -2.67. The number of hydrogen-bond acceptors (Lipinski definition) is 12. The first-order valence-electron chi connectivity index (χ1n) is 18.3. The fourth-order valence-corrected chi connectivity index (χ4v) is 9.10. The quantitative estimate of drug-likeness (QED) is 0.252. The molecule has 3 saturated heterocycles. The highest BCUT2D eigenvalue weighted by atomic mass is 16.5. The Morgan fingerprint density at radius 3 is 2.50 bits per heavy atom. The summed E-state index contributed by atoms with van der Waals surface area (Å²) in [5.41, 5.74) is 11.2. The number of carbonyl (C=O) groups excluding carboxylic acids is 2. The average molecular weight is 706 g/mol. The highest BCUT2D eigenvalue weighted by molar-refractivity contribution is 6.02. The zero-order valence-electron chi connectivity index (χ0n) is 28.9. The van der Waals surface area contributed by atoms with Gasteiger partial charge in [0.15, 0.2) is 5.82 Å². The van der Waals surface area contributed by atoms with Crippen molar-refractivity contribution in [3.63, 3.8) is 0 Å². The van der Waals surface area contributed by atoms with Crippen LogP contribution < -0.4 is 25.6 Å². The Balaban J connectivity index is 0.875. The molecule has 270 valence electrons. The van der Waals surface area contributed by atoms with Gasteiger partial charge in [0.05, 0.1) is 61.3 Å². The second kappa shape index (κ2) is 13.4. The van der Waals surface area contributed by atoms with Gasteiger partial charge < -0.3 is 30.1 Å². The number of fused-ring (bicyclic) bond motifs is 3. The number of phenols is 1. The van der Waals surface area contributed by atoms with Gasteiger partial charge in [-0.1, -0.05) is 24.3 Å². The SMILES string of the molecule is Nc1nnc(-c2ccccc2O)cc1-n1cc(N2C[C@H]3COC[C@@H](C2)N3C2CCC(c3cccc4c3OCCN4[C@@H]3CCC(=O)NC3=O)CC2)cn1. The number of morpholine rings is 1. The van der Waals surface area contributed by atoms with Crippen molar-refractivity contribution in [2.45, 2.75) is 68.6 Å². The van der Waals surface area contributed by atoms with E-state index in [-0.39, 0.29) is 41.5 Å². The van der Waals surface area contributed by atoms with Crippen LogP contribution in [0.5, 0.6) is 11.5 Å². The number of para-hydroxylation sites is 2. The number of amides is 2. The van der Waals surface area contributed by atoms with Gasteiger partial charge in [-0.3, -0.25) is 19.8 Å². The van der Waals surface area contributed by atoms with Crippen LogP contribution in [-0.2, 0) is 14.3 Å². The number of ether oxygens (including phenoxy) is 2. The van der Waals surface area contributed by atoms with Crippen molar-refractivity contribution in [2.24, 2.45) is 0 Å². The topological polar surface area (TPSA) is 164 Å². The number of anilines is 3. The molecule has 0 radical (unpaired) electrons. The Labute approximate surface area is 301 Å². The molecular formula is C38H43N9O5. The number of rotatable bonds is 6. The number of aromatic nitrogens is 4. The lowest BCUT2D eigenvalue weighted by molar-refractivity contribution is -0.134. The number of nitrogen functional groups attached to an aromatic ring is 1. The Kier molecular flexibility index (Phi) is 8.42. The third-order valence-electron chi connectivity index (χ3n) is 11.5. The van der Waals surface area contributed by atoms with Crippen LogP contribution in [0.15, 0.2) is 60.9 Å². The number of hydrogen-bond donors (Lipinski definition) is 3. The smallest absolute Gasteiger partial charge is 0.249 e. The molecule has 14 heteroatoms. The van der Waals surface area contributed by atoms with Crippen LogP contribution in [0.4, 0.5) is 17.2 Å². The molecule has 0 spiro atoms. The van der Waals surface area contributed by atoms with E-state index in [4.69, 9.17) is 15.2 Å². The van der Waals surface area contributed by atoms with Crippen molar-refractivity contribution in [3.8, 4) is 28.4 Å². The van der Waals surface area contributed by atoms with E-state index in [1.165, 1.54) is 5.56 Å². The molecule has 4 aromatic rings. The van der Waals surface area contributed by atoms with E-state index in [1.807, 2.05) is 24.5 Å². The van der Waals surface area contributed by atoms with E-state index in [2.05, 4.69) is 47.4 Å². The molecule has 4 aliphatic heterocycles. The van der Waals surface area contributed by atoms with Gasteiger partial charge in [0.25, 0.3) is 0 Å². The fourth-order valence-electron chi connectivity index (χ4n) is 9.10. The third-order valence-corrected chi connectivity index (χ3v) is 11.5. The maximum absolute atomic E-state index is 12.8. The Bertz CT molecular complexity index is 1980. The Morgan fingerprint density at radius 2 is 1.71 bits per heavy atom. The summed E-state index contributed by atoms with van der Waals surface area (Å²) >= 11 is 0. The molecule has 5 aliphatic rings. The van der Waals surface area contributed by atoms with Gasteiger partial charge in [0.2, 0.25) is 11.8 Å². The first-order chi connectivity index (χ1) is 25.4. The van der Waals surface area contributed by atoms with Crippen LogP contribution >= 0.6 is 0 Å². The van der Waals surface area contributed by atoms with Gasteiger partial charge in [0.1, 0.15) is 29.8 Å². The molecule has 6 heterocycles. The molecule has 3 atom stereocenters. The predicted molar refractivity (Wildman–Crippen MR) is 194 cm³/mol. The summed E-state index contributed by atoms with van der Waals surface area (Å²) in [6.07, 6.45) is 9.09. The first-order valence-corrected chi connectivity index (χ1v) is 18.3. The van der Waals surface area contributed by atoms with Gasteiger partial charge in [-0.25, -0.2) is 4.68 Å². The van der Waals surface area contributed by atoms with Crippen molar-refractivity contribution in [1.82, 2.24) is 30.2 Å². The van der Waals surface area contributed by atoms with Crippen LogP contribution in [0, 0.1) is 0 Å². The van der Waals surface area contributed by atoms with Crippen molar-refractivity contribution in [2.75, 3.05) is 55.0 Å². The zero-order chi connectivity index (χ0) is 35.3. The van der Waals surface area contributed by atoms with Crippen LogP contribution in [0.1, 0.15) is 50.0 Å². The molecule has 2 aromatic heterocycles. The molecule has 1 saturated carbocycles. The molecular weight excluding hydrogens is 662 g/mol. The van der Waals surface area contributed by atoms with Gasteiger partial charge >= 0.3 is 0 Å². The second-order valence-electron chi connectivity index (χ2n) is 14.6. The summed E-state index contributed by atoms with van der Waals surface area (Å²) in [7, 11) is 0. The number of nitrogens with one attached hydrogen (secondary N) is 1. The van der Waals surface area contributed by atoms with Crippen molar-refractivity contribution < 1.29 is 24.2 Å². The third kappa shape index (κ3) is 5.89. The van der Waals surface area contributed by atoms with Gasteiger partial charge in [0, 0.05) is 31.1 Å². The fraction of sp³-hybridized carbons (Fsp3) is 0.447. The number of benzene rings is 2. The summed E-state index contributed by atoms with van der Waals surface area (Å²) in [5, 5.41) is 25.9. The number of nitrogens with zero attached hydrogens (tertiary/aromatic N) is 7. The van der Waals surface area contributed by atoms with E-state index >= 15 is 0 Å². The minimum atomic E-state index is -0.352. The summed E-state index contributed by atoms with van der Waals surface area (Å²) in [6, 6.07) is 15.8. The molecule has 14 nitrogen and oxygen atoms in total. The molecule has 0 unspecified atom stereocenters. The van der Waals surface area contributed by atoms with E-state index in [1.54, 1.807) is 28.9 Å². The summed E-state index contributed by atoms with van der Waals surface area (Å²) in [6.45, 7) is 4.22. The molecule has 1 aliphatic carbocycles. The van der Waals surface area contributed by atoms with E-state index in [0.29, 0.717) is 68.1 Å². The molecule has 52 heavy (non-hydrogen) atoms. The van der Waals surface area contributed by atoms with Gasteiger partial charge in [-0.15, -0.1) is 10.2 Å².